The molecule has 0 fully saturated rings. The van der Waals surface area contributed by atoms with Crippen molar-refractivity contribution in [3.05, 3.63) is 106 Å². The minimum absolute atomic E-state index is 0.0242. The first kappa shape index (κ1) is 21.2. The highest BCUT2D eigenvalue weighted by atomic mass is 79.9. The van der Waals surface area contributed by atoms with Gasteiger partial charge in [0.2, 0.25) is 5.78 Å². The van der Waals surface area contributed by atoms with Gasteiger partial charge in [0.05, 0.1) is 11.6 Å². The second-order valence-corrected chi connectivity index (χ2v) is 8.68. The second-order valence-electron chi connectivity index (χ2n) is 7.76. The number of carbonyl (C=O) groups excluding carboxylic acids is 2. The second kappa shape index (κ2) is 8.33. The van der Waals surface area contributed by atoms with Gasteiger partial charge < -0.3 is 9.52 Å². The van der Waals surface area contributed by atoms with Crippen LogP contribution in [0, 0.1) is 0 Å². The monoisotopic (exact) mass is 502 g/mol. The number of halogens is 1. The number of aliphatic hydroxyl groups is 1. The Balaban J connectivity index is 1.63. The van der Waals surface area contributed by atoms with Crippen molar-refractivity contribution in [3.63, 3.8) is 0 Å². The molecule has 0 radical (unpaired) electrons. The number of hydrogen-bond donors (Lipinski definition) is 1. The molecule has 6 nitrogen and oxygen atoms in total. The van der Waals surface area contributed by atoms with Gasteiger partial charge in [-0.05, 0) is 66.1 Å². The molecule has 5 rings (SSSR count). The highest BCUT2D eigenvalue weighted by Gasteiger charge is 2.45. The molecule has 1 N–H and O–H groups in total. The Kier molecular flexibility index (Phi) is 5.34. The number of aryl methyl sites for hydroxylation is 1. The van der Waals surface area contributed by atoms with E-state index in [-0.39, 0.29) is 11.3 Å². The van der Waals surface area contributed by atoms with E-state index in [1.165, 1.54) is 4.90 Å². The molecule has 1 unspecified atom stereocenters. The number of carbonyl (C=O) groups is 2. The normalized spacial score (nSPS) is 16.1. The summed E-state index contributed by atoms with van der Waals surface area (Å²) in [6.45, 7) is 2.05. The average molecular weight is 503 g/mol. The van der Waals surface area contributed by atoms with Crippen molar-refractivity contribution in [1.29, 1.82) is 0 Å². The zero-order valence-corrected chi connectivity index (χ0v) is 19.2. The number of rotatable bonds is 5. The summed E-state index contributed by atoms with van der Waals surface area (Å²) in [5.74, 6) is -1.70. The van der Waals surface area contributed by atoms with Gasteiger partial charge >= 0.3 is 0 Å². The van der Waals surface area contributed by atoms with Gasteiger partial charge in [0.25, 0.3) is 5.91 Å². The molecule has 0 bridgehead atoms. The molecule has 0 spiro atoms. The van der Waals surface area contributed by atoms with Gasteiger partial charge in [-0.2, -0.15) is 0 Å². The quantitative estimate of drug-likeness (QED) is 0.341. The summed E-state index contributed by atoms with van der Waals surface area (Å²) >= 11 is 3.41. The number of benzene rings is 2. The van der Waals surface area contributed by atoms with E-state index < -0.39 is 23.5 Å². The number of aliphatic hydroxyl groups excluding tert-OH is 1. The number of hydrogen-bond acceptors (Lipinski definition) is 5. The maximum atomic E-state index is 13.6. The Morgan fingerprint density at radius 1 is 1.09 bits per heavy atom. The molecule has 1 aliphatic heterocycles. The van der Waals surface area contributed by atoms with Crippen LogP contribution in [0.2, 0.25) is 0 Å². The molecule has 164 valence electrons. The summed E-state index contributed by atoms with van der Waals surface area (Å²) in [5.41, 5.74) is 2.88. The average Bonchev–Trinajstić information content (AvgIpc) is 3.38. The van der Waals surface area contributed by atoms with E-state index in [9.17, 15) is 14.7 Å². The fourth-order valence-electron chi connectivity index (χ4n) is 4.12. The molecule has 1 aliphatic rings. The summed E-state index contributed by atoms with van der Waals surface area (Å²) in [5, 5.41) is 11.6. The Morgan fingerprint density at radius 3 is 2.52 bits per heavy atom. The molecule has 1 atom stereocenters. The largest absolute Gasteiger partial charge is 0.503 e. The third-order valence-electron chi connectivity index (χ3n) is 5.80. The molecule has 0 aliphatic carbocycles. The molecule has 1 amide bonds. The molecule has 3 heterocycles. The van der Waals surface area contributed by atoms with Crippen LogP contribution in [0.1, 0.15) is 34.6 Å². The number of furan rings is 1. The Morgan fingerprint density at radius 2 is 1.82 bits per heavy atom. The van der Waals surface area contributed by atoms with Crippen molar-refractivity contribution < 1.29 is 19.1 Å². The molecule has 33 heavy (non-hydrogen) atoms. The molecule has 2 aromatic heterocycles. The maximum absolute atomic E-state index is 13.6. The van der Waals surface area contributed by atoms with Crippen molar-refractivity contribution in [2.75, 3.05) is 4.90 Å². The van der Waals surface area contributed by atoms with Gasteiger partial charge in [0.15, 0.2) is 11.5 Å². The maximum Gasteiger partial charge on any atom is 0.294 e. The van der Waals surface area contributed by atoms with E-state index >= 15 is 0 Å². The summed E-state index contributed by atoms with van der Waals surface area (Å²) < 4.78 is 6.63. The molecule has 7 heteroatoms. The minimum atomic E-state index is -0.819. The summed E-state index contributed by atoms with van der Waals surface area (Å²) in [6, 6.07) is 17.2. The van der Waals surface area contributed by atoms with Gasteiger partial charge in [-0.15, -0.1) is 0 Å². The lowest BCUT2D eigenvalue weighted by atomic mass is 9.95. The predicted molar refractivity (Wildman–Crippen MR) is 128 cm³/mol. The van der Waals surface area contributed by atoms with Crippen LogP contribution in [0.15, 0.2) is 93.3 Å². The van der Waals surface area contributed by atoms with E-state index in [4.69, 9.17) is 4.42 Å². The first-order chi connectivity index (χ1) is 16.0. The molecular weight excluding hydrogens is 484 g/mol. The van der Waals surface area contributed by atoms with Crippen molar-refractivity contribution in [2.45, 2.75) is 19.4 Å². The molecular formula is C26H19BrN2O4. The van der Waals surface area contributed by atoms with Crippen LogP contribution in [0.5, 0.6) is 0 Å². The highest BCUT2D eigenvalue weighted by molar-refractivity contribution is 9.10. The molecule has 0 saturated carbocycles. The zero-order valence-electron chi connectivity index (χ0n) is 17.7. The van der Waals surface area contributed by atoms with Crippen LogP contribution >= 0.6 is 15.9 Å². The van der Waals surface area contributed by atoms with Crippen LogP contribution in [0.4, 0.5) is 5.69 Å². The van der Waals surface area contributed by atoms with Crippen LogP contribution in [0.25, 0.3) is 11.0 Å². The summed E-state index contributed by atoms with van der Waals surface area (Å²) in [4.78, 5) is 32.3. The summed E-state index contributed by atoms with van der Waals surface area (Å²) in [7, 11) is 0. The van der Waals surface area contributed by atoms with E-state index in [0.717, 1.165) is 21.8 Å². The number of pyridine rings is 1. The van der Waals surface area contributed by atoms with Gasteiger partial charge in [-0.1, -0.05) is 35.0 Å². The Labute approximate surface area is 198 Å². The third kappa shape index (κ3) is 3.64. The van der Waals surface area contributed by atoms with Crippen LogP contribution < -0.4 is 4.90 Å². The fraction of sp³-hybridized carbons (Fsp3) is 0.115. The lowest BCUT2D eigenvalue weighted by molar-refractivity contribution is -0.117. The van der Waals surface area contributed by atoms with Crippen LogP contribution in [0.3, 0.4) is 0 Å². The lowest BCUT2D eigenvalue weighted by Gasteiger charge is -2.26. The van der Waals surface area contributed by atoms with Crippen molar-refractivity contribution in [1.82, 2.24) is 4.98 Å². The number of fused-ring (bicyclic) bond motifs is 1. The number of amides is 1. The number of ketones is 1. The minimum Gasteiger partial charge on any atom is -0.503 e. The number of aromatic nitrogens is 1. The fourth-order valence-corrected chi connectivity index (χ4v) is 4.49. The lowest BCUT2D eigenvalue weighted by Crippen LogP contribution is -2.31. The van der Waals surface area contributed by atoms with E-state index in [0.29, 0.717) is 16.8 Å². The standard InChI is InChI=1S/C26H19BrN2O4/c1-2-15-3-6-19(7-4-15)29-23(16-9-11-28-12-10-16)22(25(31)26(29)32)24(30)21-14-17-13-18(27)5-8-20(17)33-21/h3-14,23,31H,2H2,1H3. The highest BCUT2D eigenvalue weighted by Crippen LogP contribution is 2.42. The van der Waals surface area contributed by atoms with E-state index in [1.54, 1.807) is 36.7 Å². The van der Waals surface area contributed by atoms with Crippen molar-refractivity contribution in [2.24, 2.45) is 0 Å². The van der Waals surface area contributed by atoms with E-state index in [2.05, 4.69) is 20.9 Å². The number of Topliss-reactive ketones (excluding diaryl/α,β-unsaturated/α-hetero) is 1. The Hall–Kier alpha value is -3.71. The van der Waals surface area contributed by atoms with Gasteiger partial charge in [0, 0.05) is 27.9 Å². The first-order valence-electron chi connectivity index (χ1n) is 10.5. The topological polar surface area (TPSA) is 83.6 Å². The van der Waals surface area contributed by atoms with Gasteiger partial charge in [-0.3, -0.25) is 19.5 Å². The van der Waals surface area contributed by atoms with Gasteiger partial charge in [0.1, 0.15) is 5.58 Å². The van der Waals surface area contributed by atoms with Crippen molar-refractivity contribution in [3.8, 4) is 0 Å². The SMILES string of the molecule is CCc1ccc(N2C(=O)C(O)=C(C(=O)c3cc4cc(Br)ccc4o3)C2c2ccncc2)cc1. The summed E-state index contributed by atoms with van der Waals surface area (Å²) in [6.07, 6.45) is 4.04. The van der Waals surface area contributed by atoms with Crippen LogP contribution in [-0.4, -0.2) is 21.8 Å². The zero-order chi connectivity index (χ0) is 23.1. The van der Waals surface area contributed by atoms with E-state index in [1.807, 2.05) is 43.3 Å². The predicted octanol–water partition coefficient (Wildman–Crippen LogP) is 5.94. The third-order valence-corrected chi connectivity index (χ3v) is 6.29. The Bertz CT molecular complexity index is 1410. The van der Waals surface area contributed by atoms with Crippen LogP contribution in [-0.2, 0) is 11.2 Å². The number of nitrogens with zero attached hydrogens (tertiary/aromatic N) is 2. The first-order valence-corrected chi connectivity index (χ1v) is 11.3. The smallest absolute Gasteiger partial charge is 0.294 e. The van der Waals surface area contributed by atoms with Gasteiger partial charge in [-0.25, -0.2) is 0 Å². The number of anilines is 1. The molecule has 0 saturated heterocycles. The molecule has 4 aromatic rings. The molecule has 2 aromatic carbocycles. The van der Waals surface area contributed by atoms with Crippen molar-refractivity contribution >= 4 is 44.3 Å².